The molecule has 0 aliphatic heterocycles. The molecule has 0 bridgehead atoms. The Hall–Kier alpha value is -1.96. The normalized spacial score (nSPS) is 15.8. The molecule has 1 amide bonds. The minimum atomic E-state index is -0.405. The maximum atomic E-state index is 12.5. The Balaban J connectivity index is 0.00000261. The van der Waals surface area contributed by atoms with E-state index < -0.39 is 6.10 Å². The second-order valence-corrected chi connectivity index (χ2v) is 6.67. The Kier molecular flexibility index (Phi) is 8.22. The molecule has 4 N–H and O–H groups in total. The predicted octanol–water partition coefficient (Wildman–Crippen LogP) is 3.42. The highest BCUT2D eigenvalue weighted by Crippen LogP contribution is 2.23. The van der Waals surface area contributed by atoms with Crippen molar-refractivity contribution in [2.75, 3.05) is 5.32 Å². The molecule has 0 spiro atoms. The van der Waals surface area contributed by atoms with Crippen molar-refractivity contribution in [3.05, 3.63) is 30.1 Å². The minimum Gasteiger partial charge on any atom is -0.365 e. The van der Waals surface area contributed by atoms with Gasteiger partial charge >= 0.3 is 0 Å². The van der Waals surface area contributed by atoms with Gasteiger partial charge in [0.05, 0.1) is 12.6 Å². The molecule has 1 fully saturated rings. The van der Waals surface area contributed by atoms with E-state index in [9.17, 15) is 4.79 Å². The van der Waals surface area contributed by atoms with Gasteiger partial charge in [-0.3, -0.25) is 9.89 Å². The number of anilines is 1. The van der Waals surface area contributed by atoms with E-state index >= 15 is 0 Å². The van der Waals surface area contributed by atoms with Crippen LogP contribution in [0.3, 0.4) is 0 Å². The number of hydrogen-bond acceptors (Lipinski definition) is 5. The molecule has 1 atom stereocenters. The van der Waals surface area contributed by atoms with Gasteiger partial charge in [0, 0.05) is 11.3 Å². The van der Waals surface area contributed by atoms with Gasteiger partial charge in [-0.2, -0.15) is 5.10 Å². The van der Waals surface area contributed by atoms with Crippen LogP contribution in [0, 0.1) is 0 Å². The first kappa shape index (κ1) is 21.3. The van der Waals surface area contributed by atoms with E-state index in [1.807, 2.05) is 31.2 Å². The van der Waals surface area contributed by atoms with E-state index in [0.717, 1.165) is 24.1 Å². The molecule has 1 unspecified atom stereocenters. The van der Waals surface area contributed by atoms with E-state index in [0.29, 0.717) is 24.6 Å². The van der Waals surface area contributed by atoms with Crippen molar-refractivity contribution in [2.24, 2.45) is 5.73 Å². The second kappa shape index (κ2) is 10.4. The summed E-state index contributed by atoms with van der Waals surface area (Å²) in [7, 11) is 0. The van der Waals surface area contributed by atoms with E-state index in [2.05, 4.69) is 20.5 Å². The summed E-state index contributed by atoms with van der Waals surface area (Å²) in [4.78, 5) is 16.8. The van der Waals surface area contributed by atoms with Gasteiger partial charge in [0.25, 0.3) is 5.91 Å². The Labute approximate surface area is 165 Å². The first-order valence-electron chi connectivity index (χ1n) is 9.37. The third-order valence-corrected chi connectivity index (χ3v) is 4.71. The topological polar surface area (TPSA) is 106 Å². The number of nitrogens with two attached hydrogens (primary N) is 1. The summed E-state index contributed by atoms with van der Waals surface area (Å²) in [6, 6.07) is 7.45. The number of rotatable bonds is 7. The molecule has 1 aromatic heterocycles. The summed E-state index contributed by atoms with van der Waals surface area (Å²) >= 11 is 0. The van der Waals surface area contributed by atoms with E-state index in [1.54, 1.807) is 0 Å². The maximum Gasteiger partial charge on any atom is 0.253 e. The first-order chi connectivity index (χ1) is 12.7. The number of aromatic nitrogens is 3. The van der Waals surface area contributed by atoms with Crippen molar-refractivity contribution in [2.45, 2.75) is 64.2 Å². The monoisotopic (exact) mass is 393 g/mol. The molecule has 1 aliphatic carbocycles. The van der Waals surface area contributed by atoms with Crippen LogP contribution < -0.4 is 11.1 Å². The van der Waals surface area contributed by atoms with Gasteiger partial charge in [0.1, 0.15) is 11.9 Å². The highest BCUT2D eigenvalue weighted by Gasteiger charge is 2.23. The molecule has 7 nitrogen and oxygen atoms in total. The first-order valence-corrected chi connectivity index (χ1v) is 9.37. The van der Waals surface area contributed by atoms with Crippen LogP contribution in [-0.2, 0) is 16.1 Å². The summed E-state index contributed by atoms with van der Waals surface area (Å²) < 4.78 is 6.03. The molecule has 1 aromatic carbocycles. The Morgan fingerprint density at radius 3 is 2.59 bits per heavy atom. The Morgan fingerprint density at radius 2 is 2.00 bits per heavy atom. The smallest absolute Gasteiger partial charge is 0.253 e. The fourth-order valence-electron chi connectivity index (χ4n) is 3.22. The summed E-state index contributed by atoms with van der Waals surface area (Å²) in [5.74, 6) is 1.15. The minimum absolute atomic E-state index is 0. The highest BCUT2D eigenvalue weighted by molar-refractivity contribution is 5.94. The van der Waals surface area contributed by atoms with Crippen molar-refractivity contribution in [1.29, 1.82) is 0 Å². The number of H-pyrrole nitrogens is 1. The number of nitrogens with one attached hydrogen (secondary N) is 2. The molecule has 1 heterocycles. The number of nitrogens with zero attached hydrogens (tertiary/aromatic N) is 2. The van der Waals surface area contributed by atoms with Gasteiger partial charge in [-0.25, -0.2) is 4.98 Å². The molecule has 148 valence electrons. The van der Waals surface area contributed by atoms with E-state index in [4.69, 9.17) is 10.5 Å². The van der Waals surface area contributed by atoms with Crippen molar-refractivity contribution < 1.29 is 9.53 Å². The summed E-state index contributed by atoms with van der Waals surface area (Å²) in [5, 5.41) is 9.87. The number of aromatic amines is 1. The summed E-state index contributed by atoms with van der Waals surface area (Å²) in [5.41, 5.74) is 7.14. The zero-order valence-corrected chi connectivity index (χ0v) is 16.4. The van der Waals surface area contributed by atoms with Gasteiger partial charge < -0.3 is 15.8 Å². The molecule has 3 rings (SSSR count). The van der Waals surface area contributed by atoms with Crippen molar-refractivity contribution in [3.63, 3.8) is 0 Å². The molecular weight excluding hydrogens is 366 g/mol. The molecule has 1 saturated carbocycles. The Morgan fingerprint density at radius 1 is 1.30 bits per heavy atom. The summed E-state index contributed by atoms with van der Waals surface area (Å²) in [6.45, 7) is 2.30. The van der Waals surface area contributed by atoms with Crippen LogP contribution in [0.5, 0.6) is 0 Å². The lowest BCUT2D eigenvalue weighted by molar-refractivity contribution is -0.132. The number of carbonyl (C=O) groups is 1. The number of carbonyl (C=O) groups excluding carboxylic acids is 1. The fraction of sp³-hybridized carbons (Fsp3) is 0.526. The average Bonchev–Trinajstić information content (AvgIpc) is 3.16. The van der Waals surface area contributed by atoms with Crippen LogP contribution in [0.15, 0.2) is 24.3 Å². The van der Waals surface area contributed by atoms with Crippen molar-refractivity contribution >= 4 is 24.0 Å². The van der Waals surface area contributed by atoms with Crippen LogP contribution >= 0.6 is 12.4 Å². The van der Waals surface area contributed by atoms with Gasteiger partial charge in [0.15, 0.2) is 5.82 Å². The molecule has 0 saturated heterocycles. The van der Waals surface area contributed by atoms with Gasteiger partial charge in [-0.15, -0.1) is 12.4 Å². The molecule has 0 radical (unpaired) electrons. The number of amides is 1. The molecule has 2 aromatic rings. The van der Waals surface area contributed by atoms with E-state index in [-0.39, 0.29) is 24.4 Å². The lowest BCUT2D eigenvalue weighted by Crippen LogP contribution is -2.34. The molecule has 1 aliphatic rings. The second-order valence-electron chi connectivity index (χ2n) is 6.67. The predicted molar refractivity (Wildman–Crippen MR) is 108 cm³/mol. The molecule has 8 heteroatoms. The van der Waals surface area contributed by atoms with Gasteiger partial charge in [-0.1, -0.05) is 26.2 Å². The third-order valence-electron chi connectivity index (χ3n) is 4.71. The van der Waals surface area contributed by atoms with Gasteiger partial charge in [-0.05, 0) is 43.5 Å². The Bertz CT molecular complexity index is 713. The summed E-state index contributed by atoms with van der Waals surface area (Å²) in [6.07, 6.45) is 6.24. The number of benzene rings is 1. The number of ether oxygens (including phenoxy) is 1. The third kappa shape index (κ3) is 5.76. The largest absolute Gasteiger partial charge is 0.365 e. The van der Waals surface area contributed by atoms with Crippen LogP contribution in [-0.4, -0.2) is 33.3 Å². The van der Waals surface area contributed by atoms with Crippen molar-refractivity contribution in [1.82, 2.24) is 15.2 Å². The zero-order valence-electron chi connectivity index (χ0n) is 15.6. The van der Waals surface area contributed by atoms with Crippen LogP contribution in [0.1, 0.15) is 51.3 Å². The van der Waals surface area contributed by atoms with E-state index in [1.165, 1.54) is 19.3 Å². The zero-order chi connectivity index (χ0) is 18.4. The lowest BCUT2D eigenvalue weighted by atomic mass is 9.97. The SMILES string of the molecule is CCC(OC1CCCCC1)C(=O)Nc1ccc(-c2n[nH]c(CN)n2)cc1.Cl. The average molecular weight is 394 g/mol. The fourth-order valence-corrected chi connectivity index (χ4v) is 3.22. The highest BCUT2D eigenvalue weighted by atomic mass is 35.5. The van der Waals surface area contributed by atoms with Crippen LogP contribution in [0.4, 0.5) is 5.69 Å². The molecular formula is C19H28ClN5O2. The van der Waals surface area contributed by atoms with Crippen LogP contribution in [0.25, 0.3) is 11.4 Å². The van der Waals surface area contributed by atoms with Crippen molar-refractivity contribution in [3.8, 4) is 11.4 Å². The lowest BCUT2D eigenvalue weighted by Gasteiger charge is -2.26. The van der Waals surface area contributed by atoms with Gasteiger partial charge in [0.2, 0.25) is 0 Å². The standard InChI is InChI=1S/C19H27N5O2.ClH/c1-2-16(26-15-6-4-3-5-7-15)19(25)21-14-10-8-13(9-11-14)18-22-17(12-20)23-24-18;/h8-11,15-16H,2-7,12,20H2,1H3,(H,21,25)(H,22,23,24);1H. The quantitative estimate of drug-likeness (QED) is 0.668. The number of halogens is 1. The number of hydrogen-bond donors (Lipinski definition) is 3. The molecule has 27 heavy (non-hydrogen) atoms. The van der Waals surface area contributed by atoms with Crippen LogP contribution in [0.2, 0.25) is 0 Å². The maximum absolute atomic E-state index is 12.5.